The van der Waals surface area contributed by atoms with E-state index in [4.69, 9.17) is 0 Å². The van der Waals surface area contributed by atoms with Gasteiger partial charge < -0.3 is 10.2 Å². The first kappa shape index (κ1) is 30.4. The van der Waals surface area contributed by atoms with Crippen molar-refractivity contribution >= 4 is 84.7 Å². The van der Waals surface area contributed by atoms with Crippen molar-refractivity contribution in [1.82, 2.24) is 5.32 Å². The van der Waals surface area contributed by atoms with Crippen LogP contribution in [0, 0.1) is 6.92 Å². The van der Waals surface area contributed by atoms with Crippen LogP contribution in [0.5, 0.6) is 0 Å². The Bertz CT molecular complexity index is 1430. The number of carbonyl (C=O) groups is 1. The van der Waals surface area contributed by atoms with Crippen molar-refractivity contribution in [2.45, 2.75) is 32.1 Å². The summed E-state index contributed by atoms with van der Waals surface area (Å²) in [5.41, 5.74) is 8.12. The van der Waals surface area contributed by atoms with E-state index in [0.29, 0.717) is 5.56 Å². The van der Waals surface area contributed by atoms with E-state index in [1.165, 1.54) is 52.4 Å². The van der Waals surface area contributed by atoms with Gasteiger partial charge in [0.1, 0.15) is 44.8 Å². The fourth-order valence-corrected chi connectivity index (χ4v) is 4.80. The maximum atomic E-state index is 13.8. The molecule has 3 N–H and O–H groups in total. The monoisotopic (exact) mass is 529 g/mol. The molecule has 0 aliphatic carbocycles. The van der Waals surface area contributed by atoms with Gasteiger partial charge in [-0.2, -0.15) is 13.2 Å². The summed E-state index contributed by atoms with van der Waals surface area (Å²) in [6, 6.07) is 9.55. The lowest BCUT2D eigenvalue weighted by Crippen LogP contribution is -2.55. The second-order valence-electron chi connectivity index (χ2n) is 10.4. The van der Waals surface area contributed by atoms with Gasteiger partial charge in [-0.25, -0.2) is 0 Å². The number of aliphatic hydroxyl groups is 1. The van der Waals surface area contributed by atoms with Crippen LogP contribution in [0.15, 0.2) is 36.4 Å². The Labute approximate surface area is 232 Å². The quantitative estimate of drug-likeness (QED) is 0.216. The molecule has 3 aromatic rings. The summed E-state index contributed by atoms with van der Waals surface area (Å²) in [5.74, 6) is -1.25. The van der Waals surface area contributed by atoms with Crippen LogP contribution in [0.3, 0.4) is 0 Å². The lowest BCUT2D eigenvalue weighted by molar-refractivity contribution is -0.146. The standard InChI is InChI=1S/C27H31B5F3NO3/c1-13-15(4-3-5-17(13)19-20(28)22(30)24(32)23(31)21(19)29)7-8-16-10-14(6-9-18(16)27(33,34)35)11-36-26(2,12-37)25(38)39/h3-10,36-37H,11-12,28-32H2,1-2H3,(H,38,39)/b8-7+/t26-/m0/s1. The van der Waals surface area contributed by atoms with Crippen molar-refractivity contribution in [3.63, 3.8) is 0 Å². The summed E-state index contributed by atoms with van der Waals surface area (Å²) in [7, 11) is 10.6. The van der Waals surface area contributed by atoms with Crippen LogP contribution in [-0.2, 0) is 17.5 Å². The van der Waals surface area contributed by atoms with Crippen molar-refractivity contribution in [3.8, 4) is 11.1 Å². The van der Waals surface area contributed by atoms with E-state index < -0.39 is 29.9 Å². The Hall–Kier alpha value is -3.10. The molecule has 0 spiro atoms. The number of hydrogen-bond acceptors (Lipinski definition) is 3. The molecule has 0 radical (unpaired) electrons. The first-order chi connectivity index (χ1) is 18.1. The Morgan fingerprint density at radius 1 is 0.923 bits per heavy atom. The van der Waals surface area contributed by atoms with Gasteiger partial charge in [-0.15, -0.1) is 16.4 Å². The number of aliphatic carboxylic acids is 1. The molecule has 198 valence electrons. The lowest BCUT2D eigenvalue weighted by Gasteiger charge is -2.24. The van der Waals surface area contributed by atoms with Gasteiger partial charge in [0.15, 0.2) is 0 Å². The van der Waals surface area contributed by atoms with Crippen molar-refractivity contribution in [3.05, 3.63) is 64.2 Å². The summed E-state index contributed by atoms with van der Waals surface area (Å²) in [6.45, 7) is 2.60. The van der Waals surface area contributed by atoms with Crippen LogP contribution in [0.25, 0.3) is 23.3 Å². The highest BCUT2D eigenvalue weighted by molar-refractivity contribution is 6.68. The highest BCUT2D eigenvalue weighted by Gasteiger charge is 2.34. The Balaban J connectivity index is 2.06. The molecule has 39 heavy (non-hydrogen) atoms. The fraction of sp³-hybridized carbons (Fsp3) is 0.222. The number of alkyl halides is 3. The van der Waals surface area contributed by atoms with Gasteiger partial charge in [0, 0.05) is 6.54 Å². The molecule has 3 aromatic carbocycles. The normalized spacial score (nSPS) is 13.5. The molecular weight excluding hydrogens is 497 g/mol. The molecule has 0 fully saturated rings. The SMILES string of the molecule is Bc1c(B)c(B)c(-c2cccc(/C=C/c3cc(CN[C@@](C)(CO)C(=O)O)ccc3C(F)(F)F)c2C)c(B)c1B. The Morgan fingerprint density at radius 3 is 2.03 bits per heavy atom. The molecule has 0 heterocycles. The second kappa shape index (κ2) is 11.6. The minimum absolute atomic E-state index is 0.0259. The number of benzene rings is 3. The van der Waals surface area contributed by atoms with E-state index in [-0.39, 0.29) is 12.1 Å². The van der Waals surface area contributed by atoms with Gasteiger partial charge in [-0.3, -0.25) is 10.1 Å². The predicted molar refractivity (Wildman–Crippen MR) is 168 cm³/mol. The van der Waals surface area contributed by atoms with Crippen molar-refractivity contribution in [2.75, 3.05) is 6.61 Å². The van der Waals surface area contributed by atoms with Gasteiger partial charge in [0.25, 0.3) is 0 Å². The summed E-state index contributed by atoms with van der Waals surface area (Å²) >= 11 is 0. The smallest absolute Gasteiger partial charge is 0.416 e. The molecule has 0 unspecified atom stereocenters. The Kier molecular flexibility index (Phi) is 9.03. The van der Waals surface area contributed by atoms with E-state index >= 15 is 0 Å². The molecule has 0 aliphatic rings. The fourth-order valence-electron chi connectivity index (χ4n) is 4.80. The van der Waals surface area contributed by atoms with E-state index in [9.17, 15) is 28.2 Å². The van der Waals surface area contributed by atoms with E-state index in [0.717, 1.165) is 28.3 Å². The minimum Gasteiger partial charge on any atom is -0.480 e. The van der Waals surface area contributed by atoms with Crippen LogP contribution in [0.2, 0.25) is 0 Å². The van der Waals surface area contributed by atoms with Crippen molar-refractivity contribution < 1.29 is 28.2 Å². The van der Waals surface area contributed by atoms with Gasteiger partial charge in [-0.1, -0.05) is 47.3 Å². The number of hydrogen-bond donors (Lipinski definition) is 3. The number of aliphatic hydroxyl groups excluding tert-OH is 1. The van der Waals surface area contributed by atoms with Crippen LogP contribution in [0.4, 0.5) is 13.2 Å². The largest absolute Gasteiger partial charge is 0.480 e. The molecule has 3 rings (SSSR count). The van der Waals surface area contributed by atoms with Crippen LogP contribution >= 0.6 is 0 Å². The topological polar surface area (TPSA) is 69.6 Å². The minimum atomic E-state index is -4.56. The van der Waals surface area contributed by atoms with Crippen LogP contribution in [-0.4, -0.2) is 67.6 Å². The molecular formula is C27H31B5F3NO3. The second-order valence-corrected chi connectivity index (χ2v) is 10.4. The van der Waals surface area contributed by atoms with Gasteiger partial charge in [0.05, 0.1) is 12.2 Å². The third-order valence-corrected chi connectivity index (χ3v) is 7.98. The number of carboxylic acids is 1. The molecule has 12 heteroatoms. The summed E-state index contributed by atoms with van der Waals surface area (Å²) < 4.78 is 41.5. The molecule has 0 bridgehead atoms. The first-order valence-electron chi connectivity index (χ1n) is 12.8. The maximum absolute atomic E-state index is 13.8. The van der Waals surface area contributed by atoms with E-state index in [2.05, 4.69) is 44.5 Å². The molecule has 1 atom stereocenters. The van der Waals surface area contributed by atoms with Gasteiger partial charge in [0.2, 0.25) is 0 Å². The number of rotatable bonds is 8. The molecule has 0 aromatic heterocycles. The van der Waals surface area contributed by atoms with Crippen molar-refractivity contribution in [1.29, 1.82) is 0 Å². The highest BCUT2D eigenvalue weighted by atomic mass is 19.4. The molecule has 0 saturated carbocycles. The van der Waals surface area contributed by atoms with Crippen LogP contribution in [0.1, 0.15) is 34.7 Å². The van der Waals surface area contributed by atoms with E-state index in [1.54, 1.807) is 6.08 Å². The van der Waals surface area contributed by atoms with Crippen LogP contribution < -0.4 is 32.6 Å². The summed E-state index contributed by atoms with van der Waals surface area (Å²) in [4.78, 5) is 11.5. The van der Waals surface area contributed by atoms with Gasteiger partial charge >= 0.3 is 12.1 Å². The third kappa shape index (κ3) is 6.23. The molecule has 0 saturated heterocycles. The average molecular weight is 529 g/mol. The number of carboxylic acid groups (broad SMARTS) is 1. The zero-order valence-corrected chi connectivity index (χ0v) is 23.5. The molecule has 0 aliphatic heterocycles. The number of halogens is 3. The molecule has 0 amide bonds. The van der Waals surface area contributed by atoms with E-state index in [1.807, 2.05) is 25.1 Å². The van der Waals surface area contributed by atoms with Crippen molar-refractivity contribution in [2.24, 2.45) is 0 Å². The van der Waals surface area contributed by atoms with Gasteiger partial charge in [-0.05, 0) is 59.4 Å². The first-order valence-corrected chi connectivity index (χ1v) is 12.8. The lowest BCUT2D eigenvalue weighted by atomic mass is 9.59. The number of nitrogens with one attached hydrogen (secondary N) is 1. The molecule has 4 nitrogen and oxygen atoms in total. The highest BCUT2D eigenvalue weighted by Crippen LogP contribution is 2.34. The summed E-state index contributed by atoms with van der Waals surface area (Å²) in [5, 5.41) is 21.5. The summed E-state index contributed by atoms with van der Waals surface area (Å²) in [6.07, 6.45) is -1.42. The predicted octanol–water partition coefficient (Wildman–Crippen LogP) is -2.93. The zero-order chi connectivity index (χ0) is 29.3. The third-order valence-electron chi connectivity index (χ3n) is 7.98. The Morgan fingerprint density at radius 2 is 1.49 bits per heavy atom. The average Bonchev–Trinajstić information content (AvgIpc) is 2.89. The zero-order valence-electron chi connectivity index (χ0n) is 23.5. The maximum Gasteiger partial charge on any atom is 0.416 e.